The van der Waals surface area contributed by atoms with Gasteiger partial charge in [-0.05, 0) is 47.9 Å². The van der Waals surface area contributed by atoms with Crippen LogP contribution in [0.25, 0.3) is 11.0 Å². The van der Waals surface area contributed by atoms with E-state index < -0.39 is 24.4 Å². The van der Waals surface area contributed by atoms with Crippen molar-refractivity contribution in [2.75, 3.05) is 13.2 Å². The Labute approximate surface area is 194 Å². The van der Waals surface area contributed by atoms with Crippen LogP contribution >= 0.6 is 0 Å². The molecule has 2 heterocycles. The highest BCUT2D eigenvalue weighted by Gasteiger charge is 2.34. The number of hydrogen-bond donors (Lipinski definition) is 1. The molecule has 5 rings (SSSR count). The summed E-state index contributed by atoms with van der Waals surface area (Å²) in [4.78, 5) is 26.4. The van der Waals surface area contributed by atoms with Crippen molar-refractivity contribution in [1.82, 2.24) is 10.1 Å². The maximum Gasteiger partial charge on any atom is 0.341 e. The highest BCUT2D eigenvalue weighted by Crippen LogP contribution is 2.40. The number of nitrogens with zero attached hydrogens (tertiary/aromatic N) is 2. The molecule has 0 saturated heterocycles. The molecule has 1 amide bonds. The van der Waals surface area contributed by atoms with Crippen molar-refractivity contribution in [3.63, 3.8) is 0 Å². The van der Waals surface area contributed by atoms with Crippen LogP contribution in [0.3, 0.4) is 0 Å². The number of benzene rings is 3. The van der Waals surface area contributed by atoms with Crippen LogP contribution in [0.2, 0.25) is 0 Å². The zero-order valence-corrected chi connectivity index (χ0v) is 18.1. The number of aromatic nitrogens is 1. The van der Waals surface area contributed by atoms with Gasteiger partial charge in [0.05, 0.1) is 12.5 Å². The van der Waals surface area contributed by atoms with Crippen molar-refractivity contribution in [2.45, 2.75) is 18.9 Å². The minimum Gasteiger partial charge on any atom is -0.482 e. The zero-order chi connectivity index (χ0) is 23.7. The standard InChI is InChI=1S/C26H21FN2O5/c27-17-9-10-22(33-15-25(31)32)20(13-17)26-18-6-2-1-5-16(18)11-12-29(26)24(30)14-21-19-7-3-4-8-23(19)34-28-21/h1-10,13,26H,11-12,14-15H2,(H,31,32). The Balaban J connectivity index is 1.56. The van der Waals surface area contributed by atoms with E-state index in [-0.39, 0.29) is 18.1 Å². The van der Waals surface area contributed by atoms with Gasteiger partial charge in [-0.25, -0.2) is 9.18 Å². The van der Waals surface area contributed by atoms with Gasteiger partial charge in [-0.3, -0.25) is 4.79 Å². The predicted molar refractivity (Wildman–Crippen MR) is 121 cm³/mol. The highest BCUT2D eigenvalue weighted by molar-refractivity contribution is 5.87. The molecule has 1 aliphatic rings. The van der Waals surface area contributed by atoms with Crippen LogP contribution in [0.5, 0.6) is 5.75 Å². The predicted octanol–water partition coefficient (Wildman–Crippen LogP) is 4.15. The van der Waals surface area contributed by atoms with E-state index in [1.54, 1.807) is 11.0 Å². The molecule has 0 bridgehead atoms. The van der Waals surface area contributed by atoms with Gasteiger partial charge in [0.15, 0.2) is 12.2 Å². The van der Waals surface area contributed by atoms with Crippen LogP contribution in [0, 0.1) is 5.82 Å². The Morgan fingerprint density at radius 2 is 1.88 bits per heavy atom. The summed E-state index contributed by atoms with van der Waals surface area (Å²) < 4.78 is 25.2. The molecular formula is C26H21FN2O5. The van der Waals surface area contributed by atoms with Gasteiger partial charge in [-0.1, -0.05) is 41.6 Å². The lowest BCUT2D eigenvalue weighted by atomic mass is 9.87. The van der Waals surface area contributed by atoms with Crippen LogP contribution in [0.4, 0.5) is 4.39 Å². The van der Waals surface area contributed by atoms with Crippen LogP contribution in [-0.4, -0.2) is 40.2 Å². The van der Waals surface area contributed by atoms with E-state index in [1.807, 2.05) is 42.5 Å². The summed E-state index contributed by atoms with van der Waals surface area (Å²) in [6.07, 6.45) is 0.648. The molecule has 3 aromatic carbocycles. The third kappa shape index (κ3) is 4.10. The molecule has 172 valence electrons. The van der Waals surface area contributed by atoms with Gasteiger partial charge in [-0.2, -0.15) is 0 Å². The van der Waals surface area contributed by atoms with Crippen molar-refractivity contribution in [1.29, 1.82) is 0 Å². The Hall–Kier alpha value is -4.20. The topological polar surface area (TPSA) is 92.9 Å². The molecule has 8 heteroatoms. The average Bonchev–Trinajstić information content (AvgIpc) is 3.25. The molecule has 34 heavy (non-hydrogen) atoms. The number of fused-ring (bicyclic) bond motifs is 2. The first-order chi connectivity index (χ1) is 16.5. The van der Waals surface area contributed by atoms with Crippen molar-refractivity contribution >= 4 is 22.8 Å². The van der Waals surface area contributed by atoms with Crippen LogP contribution in [0.15, 0.2) is 71.3 Å². The third-order valence-corrected chi connectivity index (χ3v) is 5.99. The monoisotopic (exact) mass is 460 g/mol. The lowest BCUT2D eigenvalue weighted by molar-refractivity contribution is -0.139. The fourth-order valence-corrected chi connectivity index (χ4v) is 4.48. The maximum absolute atomic E-state index is 14.4. The second-order valence-electron chi connectivity index (χ2n) is 8.11. The largest absolute Gasteiger partial charge is 0.482 e. The van der Waals surface area contributed by atoms with Crippen molar-refractivity contribution < 1.29 is 28.3 Å². The number of carbonyl (C=O) groups excluding carboxylic acids is 1. The second kappa shape index (κ2) is 8.97. The zero-order valence-electron chi connectivity index (χ0n) is 18.1. The first kappa shape index (κ1) is 21.6. The summed E-state index contributed by atoms with van der Waals surface area (Å²) in [6, 6.07) is 18.3. The molecule has 1 aromatic heterocycles. The van der Waals surface area contributed by atoms with E-state index in [2.05, 4.69) is 5.16 Å². The minimum absolute atomic E-state index is 0.0102. The van der Waals surface area contributed by atoms with E-state index in [9.17, 15) is 14.0 Å². The molecule has 1 N–H and O–H groups in total. The van der Waals surface area contributed by atoms with Gasteiger partial charge in [0.25, 0.3) is 0 Å². The minimum atomic E-state index is -1.15. The fraction of sp³-hybridized carbons (Fsp3) is 0.192. The number of para-hydroxylation sites is 1. The Bertz CT molecular complexity index is 1380. The molecule has 7 nitrogen and oxygen atoms in total. The molecule has 1 atom stereocenters. The van der Waals surface area contributed by atoms with Gasteiger partial charge >= 0.3 is 5.97 Å². The van der Waals surface area contributed by atoms with Crippen molar-refractivity contribution in [3.8, 4) is 5.75 Å². The van der Waals surface area contributed by atoms with Crippen molar-refractivity contribution in [2.24, 2.45) is 0 Å². The summed E-state index contributed by atoms with van der Waals surface area (Å²) in [7, 11) is 0. The summed E-state index contributed by atoms with van der Waals surface area (Å²) in [5.41, 5.74) is 3.40. The molecule has 0 spiro atoms. The maximum atomic E-state index is 14.4. The average molecular weight is 460 g/mol. The Morgan fingerprint density at radius 1 is 1.09 bits per heavy atom. The Morgan fingerprint density at radius 3 is 2.74 bits per heavy atom. The number of amides is 1. The van der Waals surface area contributed by atoms with Gasteiger partial charge in [-0.15, -0.1) is 0 Å². The fourth-order valence-electron chi connectivity index (χ4n) is 4.48. The molecule has 4 aromatic rings. The van der Waals surface area contributed by atoms with E-state index in [0.29, 0.717) is 29.8 Å². The van der Waals surface area contributed by atoms with E-state index in [4.69, 9.17) is 14.4 Å². The lowest BCUT2D eigenvalue weighted by Gasteiger charge is -2.38. The van der Waals surface area contributed by atoms with Gasteiger partial charge < -0.3 is 19.3 Å². The van der Waals surface area contributed by atoms with Gasteiger partial charge in [0, 0.05) is 17.5 Å². The van der Waals surface area contributed by atoms with Gasteiger partial charge in [0.2, 0.25) is 5.91 Å². The van der Waals surface area contributed by atoms with Crippen LogP contribution < -0.4 is 4.74 Å². The number of rotatable bonds is 6. The molecular weight excluding hydrogens is 439 g/mol. The lowest BCUT2D eigenvalue weighted by Crippen LogP contribution is -2.41. The highest BCUT2D eigenvalue weighted by atomic mass is 19.1. The SMILES string of the molecule is O=C(O)COc1ccc(F)cc1C1c2ccccc2CCN1C(=O)Cc1noc2ccccc12. The van der Waals surface area contributed by atoms with Crippen LogP contribution in [-0.2, 0) is 22.4 Å². The molecule has 1 unspecified atom stereocenters. The second-order valence-corrected chi connectivity index (χ2v) is 8.11. The number of aliphatic carboxylic acids is 1. The number of carbonyl (C=O) groups is 2. The third-order valence-electron chi connectivity index (χ3n) is 5.99. The molecule has 0 aliphatic carbocycles. The summed E-state index contributed by atoms with van der Waals surface area (Å²) in [5, 5.41) is 13.9. The van der Waals surface area contributed by atoms with E-state index in [0.717, 1.165) is 16.5 Å². The number of hydrogen-bond acceptors (Lipinski definition) is 5. The number of carboxylic acids is 1. The normalized spacial score (nSPS) is 15.2. The van der Waals surface area contributed by atoms with Crippen molar-refractivity contribution in [3.05, 3.63) is 94.9 Å². The number of halogens is 1. The molecule has 0 saturated carbocycles. The van der Waals surface area contributed by atoms with E-state index in [1.165, 1.54) is 18.2 Å². The van der Waals surface area contributed by atoms with Crippen LogP contribution in [0.1, 0.15) is 28.4 Å². The number of carboxylic acid groups (broad SMARTS) is 1. The molecule has 0 radical (unpaired) electrons. The van der Waals surface area contributed by atoms with Gasteiger partial charge in [0.1, 0.15) is 17.3 Å². The first-order valence-electron chi connectivity index (χ1n) is 10.9. The first-order valence-corrected chi connectivity index (χ1v) is 10.9. The summed E-state index contributed by atoms with van der Waals surface area (Å²) in [5.74, 6) is -1.64. The Kier molecular flexibility index (Phi) is 5.71. The number of ether oxygens (including phenoxy) is 1. The smallest absolute Gasteiger partial charge is 0.341 e. The van der Waals surface area contributed by atoms with E-state index >= 15 is 0 Å². The quantitative estimate of drug-likeness (QED) is 0.465. The molecule has 0 fully saturated rings. The molecule has 1 aliphatic heterocycles. The summed E-state index contributed by atoms with van der Waals surface area (Å²) >= 11 is 0. The summed E-state index contributed by atoms with van der Waals surface area (Å²) in [6.45, 7) is -0.170.